The molecule has 1 aromatic heterocycles. The minimum absolute atomic E-state index is 0.365. The lowest BCUT2D eigenvalue weighted by molar-refractivity contribution is 1.12. The fourth-order valence-electron chi connectivity index (χ4n) is 1.16. The maximum Gasteiger partial charge on any atom is 0.0839 e. The summed E-state index contributed by atoms with van der Waals surface area (Å²) in [6, 6.07) is 5.89. The van der Waals surface area contributed by atoms with Crippen molar-refractivity contribution in [2.24, 2.45) is 0 Å². The molecule has 1 N–H and O–H groups in total. The summed E-state index contributed by atoms with van der Waals surface area (Å²) in [5, 5.41) is 7.87. The lowest BCUT2D eigenvalue weighted by Crippen LogP contribution is -1.74. The van der Waals surface area contributed by atoms with Gasteiger partial charge in [0, 0.05) is 10.9 Å². The Labute approximate surface area is 80.9 Å². The number of hydrogen-bond acceptors (Lipinski definition) is 1. The molecule has 0 bridgehead atoms. The molecule has 2 rings (SSSR count). The predicted molar refractivity (Wildman–Crippen MR) is 53.7 cm³/mol. The van der Waals surface area contributed by atoms with E-state index in [0.29, 0.717) is 5.88 Å². The Balaban J connectivity index is 2.48. The molecule has 0 aliphatic rings. The molecule has 0 radical (unpaired) electrons. The van der Waals surface area contributed by atoms with Crippen molar-refractivity contribution in [1.82, 2.24) is 10.2 Å². The summed E-state index contributed by atoms with van der Waals surface area (Å²) in [5.74, 6) is 6.12. The molecular weight excluding hydrogens is 184 g/mol. The van der Waals surface area contributed by atoms with Crippen LogP contribution in [-0.4, -0.2) is 16.1 Å². The lowest BCUT2D eigenvalue weighted by atomic mass is 10.2. The molecule has 0 spiro atoms. The molecule has 0 saturated carbocycles. The third kappa shape index (κ3) is 1.66. The molecule has 0 amide bonds. The van der Waals surface area contributed by atoms with Crippen LogP contribution in [0.4, 0.5) is 0 Å². The Morgan fingerprint density at radius 1 is 1.46 bits per heavy atom. The van der Waals surface area contributed by atoms with E-state index in [0.717, 1.165) is 16.5 Å². The van der Waals surface area contributed by atoms with Gasteiger partial charge in [-0.25, -0.2) is 0 Å². The molecule has 2 aromatic rings. The summed E-state index contributed by atoms with van der Waals surface area (Å²) in [7, 11) is 0. The van der Waals surface area contributed by atoms with E-state index < -0.39 is 0 Å². The molecule has 0 atom stereocenters. The van der Waals surface area contributed by atoms with Gasteiger partial charge in [0.25, 0.3) is 0 Å². The molecule has 1 heterocycles. The van der Waals surface area contributed by atoms with Crippen molar-refractivity contribution < 1.29 is 0 Å². The van der Waals surface area contributed by atoms with Crippen LogP contribution in [0.1, 0.15) is 5.56 Å². The molecule has 2 nitrogen and oxygen atoms in total. The zero-order valence-corrected chi connectivity index (χ0v) is 7.60. The van der Waals surface area contributed by atoms with Crippen LogP contribution < -0.4 is 0 Å². The fraction of sp³-hybridized carbons (Fsp3) is 0.100. The Bertz CT molecular complexity index is 476. The zero-order chi connectivity index (χ0) is 9.10. The number of aromatic amines is 1. The van der Waals surface area contributed by atoms with Gasteiger partial charge < -0.3 is 0 Å². The summed E-state index contributed by atoms with van der Waals surface area (Å²) in [5.41, 5.74) is 1.99. The maximum absolute atomic E-state index is 5.46. The van der Waals surface area contributed by atoms with Crippen molar-refractivity contribution in [3.63, 3.8) is 0 Å². The third-order valence-electron chi connectivity index (χ3n) is 1.74. The number of H-pyrrole nitrogens is 1. The van der Waals surface area contributed by atoms with E-state index >= 15 is 0 Å². The number of halogens is 1. The van der Waals surface area contributed by atoms with E-state index in [4.69, 9.17) is 11.6 Å². The minimum atomic E-state index is 0.365. The van der Waals surface area contributed by atoms with Crippen LogP contribution in [0.2, 0.25) is 0 Å². The molecule has 1 aromatic carbocycles. The highest BCUT2D eigenvalue weighted by Gasteiger charge is 1.94. The van der Waals surface area contributed by atoms with Gasteiger partial charge in [-0.05, 0) is 18.2 Å². The number of aromatic nitrogens is 2. The van der Waals surface area contributed by atoms with Crippen molar-refractivity contribution in [2.45, 2.75) is 0 Å². The summed E-state index contributed by atoms with van der Waals surface area (Å²) >= 11 is 5.46. The SMILES string of the molecule is ClCC#Cc1ccc2[nH]ncc2c1. The molecule has 0 unspecified atom stereocenters. The topological polar surface area (TPSA) is 28.7 Å². The van der Waals surface area contributed by atoms with E-state index in [1.807, 2.05) is 18.2 Å². The predicted octanol–water partition coefficient (Wildman–Crippen LogP) is 2.15. The van der Waals surface area contributed by atoms with Crippen LogP contribution in [0.3, 0.4) is 0 Å². The maximum atomic E-state index is 5.46. The second-order valence-electron chi connectivity index (χ2n) is 2.61. The lowest BCUT2D eigenvalue weighted by Gasteiger charge is -1.89. The van der Waals surface area contributed by atoms with Crippen LogP contribution in [0.5, 0.6) is 0 Å². The van der Waals surface area contributed by atoms with Gasteiger partial charge in [-0.1, -0.05) is 11.8 Å². The first-order valence-electron chi connectivity index (χ1n) is 3.88. The monoisotopic (exact) mass is 190 g/mol. The van der Waals surface area contributed by atoms with Gasteiger partial charge in [0.05, 0.1) is 17.6 Å². The van der Waals surface area contributed by atoms with Crippen molar-refractivity contribution in [3.05, 3.63) is 30.0 Å². The highest BCUT2D eigenvalue weighted by Crippen LogP contribution is 2.11. The number of fused-ring (bicyclic) bond motifs is 1. The molecular formula is C10H7ClN2. The first-order valence-corrected chi connectivity index (χ1v) is 4.41. The zero-order valence-electron chi connectivity index (χ0n) is 6.84. The van der Waals surface area contributed by atoms with Gasteiger partial charge in [-0.15, -0.1) is 11.6 Å². The summed E-state index contributed by atoms with van der Waals surface area (Å²) < 4.78 is 0. The second kappa shape index (κ2) is 3.51. The number of alkyl halides is 1. The Morgan fingerprint density at radius 3 is 3.23 bits per heavy atom. The largest absolute Gasteiger partial charge is 0.278 e. The van der Waals surface area contributed by atoms with Crippen LogP contribution >= 0.6 is 11.6 Å². The van der Waals surface area contributed by atoms with Crippen LogP contribution in [0, 0.1) is 11.8 Å². The molecule has 64 valence electrons. The Kier molecular flexibility index (Phi) is 2.20. The van der Waals surface area contributed by atoms with E-state index in [-0.39, 0.29) is 0 Å². The van der Waals surface area contributed by atoms with Gasteiger partial charge in [-0.3, -0.25) is 5.10 Å². The second-order valence-corrected chi connectivity index (χ2v) is 2.87. The van der Waals surface area contributed by atoms with Crippen LogP contribution in [0.25, 0.3) is 10.9 Å². The first-order chi connectivity index (χ1) is 6.40. The quantitative estimate of drug-likeness (QED) is 0.501. The van der Waals surface area contributed by atoms with Gasteiger partial charge in [0.15, 0.2) is 0 Å². The normalized spacial score (nSPS) is 9.62. The molecule has 0 saturated heterocycles. The third-order valence-corrected chi connectivity index (χ3v) is 1.87. The molecule has 13 heavy (non-hydrogen) atoms. The average molecular weight is 191 g/mol. The number of nitrogens with zero attached hydrogens (tertiary/aromatic N) is 1. The van der Waals surface area contributed by atoms with Gasteiger partial charge >= 0.3 is 0 Å². The molecule has 3 heteroatoms. The molecule has 0 fully saturated rings. The minimum Gasteiger partial charge on any atom is -0.278 e. The van der Waals surface area contributed by atoms with Crippen LogP contribution in [-0.2, 0) is 0 Å². The van der Waals surface area contributed by atoms with E-state index in [2.05, 4.69) is 22.0 Å². The number of hydrogen-bond donors (Lipinski definition) is 1. The summed E-state index contributed by atoms with van der Waals surface area (Å²) in [6.45, 7) is 0. The number of nitrogens with one attached hydrogen (secondary N) is 1. The molecule has 0 aliphatic heterocycles. The summed E-state index contributed by atoms with van der Waals surface area (Å²) in [4.78, 5) is 0. The highest BCUT2D eigenvalue weighted by atomic mass is 35.5. The summed E-state index contributed by atoms with van der Waals surface area (Å²) in [6.07, 6.45) is 1.78. The first kappa shape index (κ1) is 8.15. The van der Waals surface area contributed by atoms with Gasteiger partial charge in [0.1, 0.15) is 0 Å². The Hall–Kier alpha value is -1.46. The smallest absolute Gasteiger partial charge is 0.0839 e. The van der Waals surface area contributed by atoms with Gasteiger partial charge in [0.2, 0.25) is 0 Å². The van der Waals surface area contributed by atoms with Crippen molar-refractivity contribution in [1.29, 1.82) is 0 Å². The number of rotatable bonds is 0. The van der Waals surface area contributed by atoms with E-state index in [1.165, 1.54) is 0 Å². The molecule has 0 aliphatic carbocycles. The van der Waals surface area contributed by atoms with Crippen LogP contribution in [0.15, 0.2) is 24.4 Å². The fourth-order valence-corrected chi connectivity index (χ4v) is 1.22. The van der Waals surface area contributed by atoms with Crippen molar-refractivity contribution in [2.75, 3.05) is 5.88 Å². The Morgan fingerprint density at radius 2 is 2.38 bits per heavy atom. The van der Waals surface area contributed by atoms with E-state index in [9.17, 15) is 0 Å². The standard InChI is InChI=1S/C10H7ClN2/c11-5-1-2-8-3-4-10-9(6-8)7-12-13-10/h3-4,6-7H,5H2,(H,12,13). The average Bonchev–Trinajstić information content (AvgIpc) is 2.61. The number of benzene rings is 1. The van der Waals surface area contributed by atoms with E-state index in [1.54, 1.807) is 6.20 Å². The van der Waals surface area contributed by atoms with Gasteiger partial charge in [-0.2, -0.15) is 5.10 Å². The van der Waals surface area contributed by atoms with Crippen molar-refractivity contribution >= 4 is 22.5 Å². The highest BCUT2D eigenvalue weighted by molar-refractivity contribution is 6.19. The van der Waals surface area contributed by atoms with Crippen molar-refractivity contribution in [3.8, 4) is 11.8 Å².